The Morgan fingerprint density at radius 1 is 1.64 bits per heavy atom. The fourth-order valence-corrected chi connectivity index (χ4v) is 1.64. The second kappa shape index (κ2) is 3.72. The van der Waals surface area contributed by atoms with Gasteiger partial charge in [-0.05, 0) is 31.6 Å². The highest BCUT2D eigenvalue weighted by Crippen LogP contribution is 2.29. The van der Waals surface area contributed by atoms with Gasteiger partial charge in [0.15, 0.2) is 0 Å². The average molecular weight is 152 g/mol. The van der Waals surface area contributed by atoms with Crippen LogP contribution in [0.15, 0.2) is 24.8 Å². The molecule has 1 aliphatic carbocycles. The van der Waals surface area contributed by atoms with Crippen molar-refractivity contribution in [3.8, 4) is 0 Å². The molecule has 0 aliphatic heterocycles. The topological polar surface area (TPSA) is 20.2 Å². The molecule has 0 spiro atoms. The molecule has 0 saturated heterocycles. The fraction of sp³-hybridized carbons (Fsp3) is 0.600. The van der Waals surface area contributed by atoms with Crippen LogP contribution < -0.4 is 0 Å². The maximum atomic E-state index is 9.56. The number of rotatable bonds is 2. The van der Waals surface area contributed by atoms with Crippen LogP contribution >= 0.6 is 0 Å². The minimum atomic E-state index is -0.172. The zero-order valence-electron chi connectivity index (χ0n) is 6.92. The third-order valence-electron chi connectivity index (χ3n) is 2.38. The van der Waals surface area contributed by atoms with Crippen molar-refractivity contribution in [1.29, 1.82) is 0 Å². The maximum absolute atomic E-state index is 9.56. The monoisotopic (exact) mass is 152 g/mol. The number of aliphatic hydroxyl groups is 1. The number of hydrogen-bond donors (Lipinski definition) is 1. The Kier molecular flexibility index (Phi) is 2.89. The molecule has 1 saturated carbocycles. The smallest absolute Gasteiger partial charge is 0.0608 e. The van der Waals surface area contributed by atoms with Gasteiger partial charge in [-0.1, -0.05) is 18.2 Å². The lowest BCUT2D eigenvalue weighted by Gasteiger charge is -2.27. The number of aliphatic hydroxyl groups excluding tert-OH is 1. The summed E-state index contributed by atoms with van der Waals surface area (Å²) in [6.45, 7) is 7.55. The van der Waals surface area contributed by atoms with Gasteiger partial charge in [0.2, 0.25) is 0 Å². The van der Waals surface area contributed by atoms with Crippen LogP contribution in [-0.4, -0.2) is 11.2 Å². The first-order valence-corrected chi connectivity index (χ1v) is 4.19. The van der Waals surface area contributed by atoms with Gasteiger partial charge in [0.05, 0.1) is 6.10 Å². The lowest BCUT2D eigenvalue weighted by atomic mass is 9.82. The molecule has 1 aliphatic rings. The van der Waals surface area contributed by atoms with E-state index in [1.54, 1.807) is 0 Å². The second-order valence-electron chi connectivity index (χ2n) is 3.34. The summed E-state index contributed by atoms with van der Waals surface area (Å²) in [5.74, 6) is 0.429. The zero-order chi connectivity index (χ0) is 8.27. The standard InChI is InChI=1S/C10H16O/c1-3-4-9-6-5-8(2)7-10(9)11/h3,9-11H,1-2,4-7H2. The summed E-state index contributed by atoms with van der Waals surface area (Å²) in [6, 6.07) is 0. The third kappa shape index (κ3) is 2.19. The van der Waals surface area contributed by atoms with Crippen molar-refractivity contribution in [2.45, 2.75) is 31.8 Å². The van der Waals surface area contributed by atoms with E-state index in [4.69, 9.17) is 0 Å². The predicted octanol–water partition coefficient (Wildman–Crippen LogP) is 2.28. The normalized spacial score (nSPS) is 31.9. The van der Waals surface area contributed by atoms with Gasteiger partial charge in [-0.3, -0.25) is 0 Å². The van der Waals surface area contributed by atoms with Crippen LogP contribution in [0, 0.1) is 5.92 Å². The van der Waals surface area contributed by atoms with Crippen molar-refractivity contribution in [1.82, 2.24) is 0 Å². The summed E-state index contributed by atoms with van der Waals surface area (Å²) in [4.78, 5) is 0. The summed E-state index contributed by atoms with van der Waals surface area (Å²) in [5.41, 5.74) is 1.19. The molecule has 0 bridgehead atoms. The fourth-order valence-electron chi connectivity index (χ4n) is 1.64. The molecule has 2 unspecified atom stereocenters. The van der Waals surface area contributed by atoms with Crippen molar-refractivity contribution in [2.24, 2.45) is 5.92 Å². The van der Waals surface area contributed by atoms with Crippen molar-refractivity contribution in [2.75, 3.05) is 0 Å². The van der Waals surface area contributed by atoms with Gasteiger partial charge in [-0.15, -0.1) is 6.58 Å². The Morgan fingerprint density at radius 2 is 2.36 bits per heavy atom. The van der Waals surface area contributed by atoms with E-state index in [1.807, 2.05) is 6.08 Å². The highest BCUT2D eigenvalue weighted by atomic mass is 16.3. The molecule has 0 radical (unpaired) electrons. The van der Waals surface area contributed by atoms with E-state index in [9.17, 15) is 5.11 Å². The van der Waals surface area contributed by atoms with Gasteiger partial charge >= 0.3 is 0 Å². The van der Waals surface area contributed by atoms with E-state index < -0.39 is 0 Å². The molecule has 1 rings (SSSR count). The minimum Gasteiger partial charge on any atom is -0.392 e. The molecule has 0 aromatic carbocycles. The molecule has 2 atom stereocenters. The lowest BCUT2D eigenvalue weighted by molar-refractivity contribution is 0.0899. The minimum absolute atomic E-state index is 0.172. The van der Waals surface area contributed by atoms with Crippen LogP contribution in [0.4, 0.5) is 0 Å². The molecular formula is C10H16O. The molecule has 0 aromatic heterocycles. The van der Waals surface area contributed by atoms with Crippen molar-refractivity contribution >= 4 is 0 Å². The van der Waals surface area contributed by atoms with Crippen LogP contribution in [0.2, 0.25) is 0 Å². The van der Waals surface area contributed by atoms with Crippen LogP contribution in [0.3, 0.4) is 0 Å². The molecule has 0 amide bonds. The molecular weight excluding hydrogens is 136 g/mol. The first-order valence-electron chi connectivity index (χ1n) is 4.19. The molecule has 1 N–H and O–H groups in total. The van der Waals surface area contributed by atoms with E-state index in [0.717, 1.165) is 25.7 Å². The Balaban J connectivity index is 2.43. The van der Waals surface area contributed by atoms with Crippen LogP contribution in [0.25, 0.3) is 0 Å². The van der Waals surface area contributed by atoms with Gasteiger partial charge < -0.3 is 5.11 Å². The first-order chi connectivity index (χ1) is 5.24. The lowest BCUT2D eigenvalue weighted by Crippen LogP contribution is -2.24. The SMILES string of the molecule is C=CCC1CCC(=C)CC1O. The molecule has 62 valence electrons. The molecule has 0 heterocycles. The van der Waals surface area contributed by atoms with E-state index >= 15 is 0 Å². The summed E-state index contributed by atoms with van der Waals surface area (Å²) in [5, 5.41) is 9.56. The summed E-state index contributed by atoms with van der Waals surface area (Å²) in [7, 11) is 0. The Morgan fingerprint density at radius 3 is 2.91 bits per heavy atom. The summed E-state index contributed by atoms with van der Waals surface area (Å²) in [6.07, 6.45) is 5.60. The summed E-state index contributed by atoms with van der Waals surface area (Å²) < 4.78 is 0. The number of allylic oxidation sites excluding steroid dienone is 1. The van der Waals surface area contributed by atoms with Crippen molar-refractivity contribution < 1.29 is 5.11 Å². The molecule has 1 fully saturated rings. The third-order valence-corrected chi connectivity index (χ3v) is 2.38. The van der Waals surface area contributed by atoms with Crippen LogP contribution in [-0.2, 0) is 0 Å². The largest absolute Gasteiger partial charge is 0.392 e. The zero-order valence-corrected chi connectivity index (χ0v) is 6.92. The first kappa shape index (κ1) is 8.54. The Hall–Kier alpha value is -0.560. The quantitative estimate of drug-likeness (QED) is 0.602. The molecule has 11 heavy (non-hydrogen) atoms. The van der Waals surface area contributed by atoms with E-state index in [2.05, 4.69) is 13.2 Å². The van der Waals surface area contributed by atoms with Gasteiger partial charge in [0.1, 0.15) is 0 Å². The second-order valence-corrected chi connectivity index (χ2v) is 3.34. The van der Waals surface area contributed by atoms with E-state index in [1.165, 1.54) is 5.57 Å². The predicted molar refractivity (Wildman–Crippen MR) is 47.3 cm³/mol. The highest BCUT2D eigenvalue weighted by molar-refractivity contribution is 5.02. The molecule has 1 heteroatoms. The van der Waals surface area contributed by atoms with Gasteiger partial charge in [-0.2, -0.15) is 0 Å². The average Bonchev–Trinajstić information content (AvgIpc) is 1.95. The van der Waals surface area contributed by atoms with Gasteiger partial charge in [0, 0.05) is 0 Å². The maximum Gasteiger partial charge on any atom is 0.0608 e. The van der Waals surface area contributed by atoms with E-state index in [0.29, 0.717) is 5.92 Å². The van der Waals surface area contributed by atoms with Crippen LogP contribution in [0.5, 0.6) is 0 Å². The van der Waals surface area contributed by atoms with E-state index in [-0.39, 0.29) is 6.10 Å². The van der Waals surface area contributed by atoms with Crippen molar-refractivity contribution in [3.63, 3.8) is 0 Å². The highest BCUT2D eigenvalue weighted by Gasteiger charge is 2.23. The van der Waals surface area contributed by atoms with Crippen molar-refractivity contribution in [3.05, 3.63) is 24.8 Å². The molecule has 1 nitrogen and oxygen atoms in total. The summed E-state index contributed by atoms with van der Waals surface area (Å²) >= 11 is 0. The Bertz CT molecular complexity index is 160. The van der Waals surface area contributed by atoms with Gasteiger partial charge in [0.25, 0.3) is 0 Å². The van der Waals surface area contributed by atoms with Crippen LogP contribution in [0.1, 0.15) is 25.7 Å². The van der Waals surface area contributed by atoms with Gasteiger partial charge in [-0.25, -0.2) is 0 Å². The number of hydrogen-bond acceptors (Lipinski definition) is 1. The molecule has 0 aromatic rings. The Labute approximate surface area is 68.4 Å².